The molecule has 0 rings (SSSR count). The molecule has 0 amide bonds. The molecule has 1 N–H and O–H groups in total. The van der Waals surface area contributed by atoms with Gasteiger partial charge in [-0.05, 0) is 32.6 Å². The van der Waals surface area contributed by atoms with Gasteiger partial charge in [0.2, 0.25) is 0 Å². The third-order valence-electron chi connectivity index (χ3n) is 4.45. The Kier molecular flexibility index (Phi) is 13.5. The van der Waals surface area contributed by atoms with Gasteiger partial charge in [-0.1, -0.05) is 72.1 Å². The quantitative estimate of drug-likeness (QED) is 0.300. The minimum absolute atomic E-state index is 0.206. The third kappa shape index (κ3) is 13.3. The van der Waals surface area contributed by atoms with Crippen molar-refractivity contribution in [3.8, 4) is 0 Å². The molecule has 0 fully saturated rings. The third-order valence-corrected chi connectivity index (χ3v) is 4.45. The van der Waals surface area contributed by atoms with Crippen LogP contribution in [0.4, 0.5) is 0 Å². The Morgan fingerprint density at radius 1 is 0.905 bits per heavy atom. The Balaban J connectivity index is 3.62. The van der Waals surface area contributed by atoms with E-state index in [1.807, 2.05) is 0 Å². The molecule has 1 atom stereocenters. The van der Waals surface area contributed by atoms with Crippen LogP contribution < -0.4 is 5.32 Å². The Hall–Kier alpha value is -0.0800. The molecule has 0 aromatic carbocycles. The minimum Gasteiger partial charge on any atom is -0.366 e. The van der Waals surface area contributed by atoms with Crippen molar-refractivity contribution in [2.45, 2.75) is 104 Å². The van der Waals surface area contributed by atoms with Gasteiger partial charge in [-0.2, -0.15) is 0 Å². The summed E-state index contributed by atoms with van der Waals surface area (Å²) in [5.41, 5.74) is 0.206. The normalized spacial score (nSPS) is 13.6. The first-order valence-corrected chi connectivity index (χ1v) is 9.38. The van der Waals surface area contributed by atoms with Crippen molar-refractivity contribution in [1.29, 1.82) is 0 Å². The lowest BCUT2D eigenvalue weighted by Crippen LogP contribution is -2.40. The van der Waals surface area contributed by atoms with Gasteiger partial charge >= 0.3 is 0 Å². The highest BCUT2D eigenvalue weighted by Gasteiger charge is 2.16. The number of nitrogens with one attached hydrogen (secondary N) is 1. The predicted molar refractivity (Wildman–Crippen MR) is 94.7 cm³/mol. The summed E-state index contributed by atoms with van der Waals surface area (Å²) in [7, 11) is 0. The maximum Gasteiger partial charge on any atom is 0.0969 e. The second-order valence-corrected chi connectivity index (χ2v) is 7.16. The van der Waals surface area contributed by atoms with Crippen molar-refractivity contribution in [2.75, 3.05) is 13.3 Å². The fourth-order valence-corrected chi connectivity index (χ4v) is 2.63. The van der Waals surface area contributed by atoms with Crippen LogP contribution in [-0.2, 0) is 4.74 Å². The van der Waals surface area contributed by atoms with Crippen molar-refractivity contribution in [1.82, 2.24) is 5.32 Å². The van der Waals surface area contributed by atoms with Crippen molar-refractivity contribution >= 4 is 0 Å². The minimum atomic E-state index is 0.206. The first-order chi connectivity index (χ1) is 10.1. The van der Waals surface area contributed by atoms with Gasteiger partial charge in [0.1, 0.15) is 0 Å². The molecule has 21 heavy (non-hydrogen) atoms. The summed E-state index contributed by atoms with van der Waals surface area (Å²) in [5, 5.41) is 3.56. The zero-order valence-corrected chi connectivity index (χ0v) is 15.5. The molecule has 2 nitrogen and oxygen atoms in total. The predicted octanol–water partition coefficient (Wildman–Crippen LogP) is 5.91. The highest BCUT2D eigenvalue weighted by molar-refractivity contribution is 4.75. The van der Waals surface area contributed by atoms with Crippen molar-refractivity contribution in [3.63, 3.8) is 0 Å². The molecule has 128 valence electrons. The van der Waals surface area contributed by atoms with Gasteiger partial charge in [0.25, 0.3) is 0 Å². The first-order valence-electron chi connectivity index (χ1n) is 9.38. The molecule has 0 aliphatic carbocycles. The van der Waals surface area contributed by atoms with E-state index in [-0.39, 0.29) is 5.54 Å². The second-order valence-electron chi connectivity index (χ2n) is 7.16. The highest BCUT2D eigenvalue weighted by atomic mass is 16.5. The number of hydrogen-bond acceptors (Lipinski definition) is 2. The molecule has 0 saturated heterocycles. The van der Waals surface area contributed by atoms with Gasteiger partial charge < -0.3 is 4.74 Å². The Morgan fingerprint density at radius 2 is 1.57 bits per heavy atom. The van der Waals surface area contributed by atoms with Crippen LogP contribution in [0.3, 0.4) is 0 Å². The standard InChI is InChI=1S/C19H41NO/c1-6-9-11-12-13-15-19(4,5)20-17-21-16-18(8-3)14-10-7-2/h18,20H,6-17H2,1-5H3. The summed E-state index contributed by atoms with van der Waals surface area (Å²) < 4.78 is 5.85. The van der Waals surface area contributed by atoms with Gasteiger partial charge in [0, 0.05) is 5.54 Å². The van der Waals surface area contributed by atoms with Crippen molar-refractivity contribution < 1.29 is 4.74 Å². The van der Waals surface area contributed by atoms with Gasteiger partial charge in [0.05, 0.1) is 13.3 Å². The molecule has 0 heterocycles. The van der Waals surface area contributed by atoms with Crippen molar-refractivity contribution in [3.05, 3.63) is 0 Å². The number of hydrogen-bond donors (Lipinski definition) is 1. The summed E-state index contributed by atoms with van der Waals surface area (Å²) in [6, 6.07) is 0. The summed E-state index contributed by atoms with van der Waals surface area (Å²) in [5.74, 6) is 0.740. The van der Waals surface area contributed by atoms with E-state index in [1.54, 1.807) is 0 Å². The van der Waals surface area contributed by atoms with E-state index in [9.17, 15) is 0 Å². The summed E-state index contributed by atoms with van der Waals surface area (Å²) in [6.45, 7) is 13.0. The van der Waals surface area contributed by atoms with E-state index < -0.39 is 0 Å². The van der Waals surface area contributed by atoms with Crippen LogP contribution in [0, 0.1) is 5.92 Å². The van der Waals surface area contributed by atoms with E-state index in [4.69, 9.17) is 4.74 Å². The highest BCUT2D eigenvalue weighted by Crippen LogP contribution is 2.16. The molecule has 0 aromatic rings. The van der Waals surface area contributed by atoms with Crippen LogP contribution in [0.25, 0.3) is 0 Å². The van der Waals surface area contributed by atoms with Crippen molar-refractivity contribution in [2.24, 2.45) is 5.92 Å². The first kappa shape index (κ1) is 20.9. The molecule has 0 radical (unpaired) electrons. The van der Waals surface area contributed by atoms with Crippen LogP contribution in [0.5, 0.6) is 0 Å². The summed E-state index contributed by atoms with van der Waals surface area (Å²) in [4.78, 5) is 0. The van der Waals surface area contributed by atoms with Crippen LogP contribution in [0.1, 0.15) is 98.8 Å². The lowest BCUT2D eigenvalue weighted by Gasteiger charge is -2.27. The van der Waals surface area contributed by atoms with Gasteiger partial charge in [-0.15, -0.1) is 0 Å². The van der Waals surface area contributed by atoms with Crippen LogP contribution in [0.15, 0.2) is 0 Å². The Bertz CT molecular complexity index is 216. The zero-order chi connectivity index (χ0) is 16.0. The summed E-state index contributed by atoms with van der Waals surface area (Å²) >= 11 is 0. The summed E-state index contributed by atoms with van der Waals surface area (Å²) in [6.07, 6.45) is 13.2. The van der Waals surface area contributed by atoms with E-state index in [0.29, 0.717) is 6.73 Å². The molecule has 0 bridgehead atoms. The maximum absolute atomic E-state index is 5.85. The topological polar surface area (TPSA) is 21.3 Å². The largest absolute Gasteiger partial charge is 0.366 e. The van der Waals surface area contributed by atoms with Crippen LogP contribution in [-0.4, -0.2) is 18.9 Å². The number of ether oxygens (including phenoxy) is 1. The molecular formula is C19H41NO. The molecule has 0 aromatic heterocycles. The monoisotopic (exact) mass is 299 g/mol. The SMILES string of the molecule is CCCCCCCC(C)(C)NCOCC(CC)CCCC. The Labute approximate surface area is 134 Å². The smallest absolute Gasteiger partial charge is 0.0969 e. The van der Waals surface area contributed by atoms with E-state index in [1.165, 1.54) is 64.2 Å². The molecule has 1 unspecified atom stereocenters. The van der Waals surface area contributed by atoms with Gasteiger partial charge in [0.15, 0.2) is 0 Å². The number of rotatable bonds is 15. The zero-order valence-electron chi connectivity index (χ0n) is 15.5. The molecule has 0 aliphatic heterocycles. The number of unbranched alkanes of at least 4 members (excludes halogenated alkanes) is 5. The lowest BCUT2D eigenvalue weighted by molar-refractivity contribution is 0.0630. The average molecular weight is 300 g/mol. The molecule has 2 heteroatoms. The molecule has 0 saturated carbocycles. The lowest BCUT2D eigenvalue weighted by atomic mass is 9.96. The average Bonchev–Trinajstić information content (AvgIpc) is 2.46. The fourth-order valence-electron chi connectivity index (χ4n) is 2.63. The second kappa shape index (κ2) is 13.6. The molecule has 0 aliphatic rings. The fraction of sp³-hybridized carbons (Fsp3) is 1.00. The maximum atomic E-state index is 5.85. The van der Waals surface area contributed by atoms with E-state index in [0.717, 1.165) is 12.5 Å². The van der Waals surface area contributed by atoms with Gasteiger partial charge in [-0.25, -0.2) is 0 Å². The van der Waals surface area contributed by atoms with E-state index in [2.05, 4.69) is 39.9 Å². The van der Waals surface area contributed by atoms with Crippen LogP contribution >= 0.6 is 0 Å². The van der Waals surface area contributed by atoms with Gasteiger partial charge in [-0.3, -0.25) is 5.32 Å². The Morgan fingerprint density at radius 3 is 2.19 bits per heavy atom. The van der Waals surface area contributed by atoms with E-state index >= 15 is 0 Å². The van der Waals surface area contributed by atoms with Crippen LogP contribution in [0.2, 0.25) is 0 Å². The molecule has 0 spiro atoms. The molecular weight excluding hydrogens is 258 g/mol.